The summed E-state index contributed by atoms with van der Waals surface area (Å²) in [6.45, 7) is 5.14. The van der Waals surface area contributed by atoms with E-state index in [0.717, 1.165) is 16.9 Å². The normalized spacial score (nSPS) is 13.3. The number of hydrogen-bond donors (Lipinski definition) is 2. The minimum atomic E-state index is -0.146. The van der Waals surface area contributed by atoms with E-state index >= 15 is 0 Å². The van der Waals surface area contributed by atoms with Gasteiger partial charge in [-0.3, -0.25) is 4.79 Å². The second kappa shape index (κ2) is 7.19. The van der Waals surface area contributed by atoms with Crippen LogP contribution in [0.15, 0.2) is 18.2 Å². The lowest BCUT2D eigenvalue weighted by Gasteiger charge is -2.26. The van der Waals surface area contributed by atoms with E-state index in [0.29, 0.717) is 36.8 Å². The highest BCUT2D eigenvalue weighted by Gasteiger charge is 2.26. The van der Waals surface area contributed by atoms with E-state index in [1.54, 1.807) is 12.1 Å². The van der Waals surface area contributed by atoms with E-state index in [9.17, 15) is 9.90 Å². The third-order valence-electron chi connectivity index (χ3n) is 4.42. The van der Waals surface area contributed by atoms with Crippen LogP contribution in [0.5, 0.6) is 11.5 Å². The molecule has 0 aliphatic carbocycles. The van der Waals surface area contributed by atoms with Crippen LogP contribution in [0.2, 0.25) is 0 Å². The minimum Gasteiger partial charge on any atom is -0.504 e. The fourth-order valence-electron chi connectivity index (χ4n) is 3.05. The van der Waals surface area contributed by atoms with Gasteiger partial charge >= 0.3 is 0 Å². The lowest BCUT2D eigenvalue weighted by atomic mass is 10.0. The number of phenols is 1. The number of anilines is 1. The first kappa shape index (κ1) is 18.0. The Morgan fingerprint density at radius 1 is 1.35 bits per heavy atom. The van der Waals surface area contributed by atoms with Gasteiger partial charge in [-0.05, 0) is 24.1 Å². The van der Waals surface area contributed by atoms with Gasteiger partial charge in [-0.2, -0.15) is 0 Å². The second-order valence-electron chi connectivity index (χ2n) is 6.76. The molecule has 1 aromatic heterocycles. The number of fused-ring (bicyclic) bond motifs is 1. The molecule has 7 heteroatoms. The van der Waals surface area contributed by atoms with Crippen molar-refractivity contribution in [1.82, 2.24) is 15.3 Å². The number of amides is 1. The minimum absolute atomic E-state index is 0.102. The van der Waals surface area contributed by atoms with Crippen molar-refractivity contribution < 1.29 is 14.6 Å². The Labute approximate surface area is 153 Å². The van der Waals surface area contributed by atoms with E-state index in [-0.39, 0.29) is 17.6 Å². The number of nitrogens with zero attached hydrogens (tertiary/aromatic N) is 3. The number of ether oxygens (including phenoxy) is 1. The molecule has 0 unspecified atom stereocenters. The van der Waals surface area contributed by atoms with Crippen LogP contribution < -0.4 is 15.0 Å². The fourth-order valence-corrected chi connectivity index (χ4v) is 3.05. The van der Waals surface area contributed by atoms with Crippen molar-refractivity contribution in [2.75, 3.05) is 25.6 Å². The number of hydrogen-bond acceptors (Lipinski definition) is 6. The van der Waals surface area contributed by atoms with Gasteiger partial charge in [0.15, 0.2) is 11.5 Å². The fraction of sp³-hybridized carbons (Fsp3) is 0.421. The van der Waals surface area contributed by atoms with Crippen LogP contribution in [-0.2, 0) is 13.0 Å². The van der Waals surface area contributed by atoms with Crippen LogP contribution in [0.1, 0.15) is 47.2 Å². The SMILES string of the molecule is COc1ccc(CN(C)c2nc(C(C)C)nc3c2CCNC3=O)cc1O. The summed E-state index contributed by atoms with van der Waals surface area (Å²) in [4.78, 5) is 23.4. The molecule has 2 N–H and O–H groups in total. The Morgan fingerprint density at radius 2 is 2.12 bits per heavy atom. The van der Waals surface area contributed by atoms with E-state index in [4.69, 9.17) is 9.72 Å². The van der Waals surface area contributed by atoms with Gasteiger partial charge in [-0.1, -0.05) is 19.9 Å². The number of benzene rings is 1. The van der Waals surface area contributed by atoms with Gasteiger partial charge in [0.25, 0.3) is 5.91 Å². The molecule has 2 heterocycles. The van der Waals surface area contributed by atoms with Gasteiger partial charge in [0.1, 0.15) is 17.3 Å². The molecular formula is C19H24N4O3. The molecule has 138 valence electrons. The number of aromatic hydroxyl groups is 1. The molecule has 26 heavy (non-hydrogen) atoms. The van der Waals surface area contributed by atoms with Crippen LogP contribution in [0.3, 0.4) is 0 Å². The highest BCUT2D eigenvalue weighted by molar-refractivity contribution is 5.96. The predicted molar refractivity (Wildman–Crippen MR) is 98.9 cm³/mol. The molecule has 0 radical (unpaired) electrons. The lowest BCUT2D eigenvalue weighted by molar-refractivity contribution is 0.0940. The number of methoxy groups -OCH3 is 1. The predicted octanol–water partition coefficient (Wildman–Crippen LogP) is 2.24. The Morgan fingerprint density at radius 3 is 2.77 bits per heavy atom. The molecule has 0 spiro atoms. The van der Waals surface area contributed by atoms with Crippen molar-refractivity contribution in [2.45, 2.75) is 32.7 Å². The van der Waals surface area contributed by atoms with E-state index in [2.05, 4.69) is 10.3 Å². The first-order valence-corrected chi connectivity index (χ1v) is 8.66. The van der Waals surface area contributed by atoms with Gasteiger partial charge in [0.2, 0.25) is 0 Å². The zero-order valence-corrected chi connectivity index (χ0v) is 15.5. The summed E-state index contributed by atoms with van der Waals surface area (Å²) in [7, 11) is 3.45. The van der Waals surface area contributed by atoms with Gasteiger partial charge in [-0.15, -0.1) is 0 Å². The molecule has 7 nitrogen and oxygen atoms in total. The molecule has 1 amide bonds. The molecule has 0 atom stereocenters. The van der Waals surface area contributed by atoms with Gasteiger partial charge in [0.05, 0.1) is 7.11 Å². The van der Waals surface area contributed by atoms with Gasteiger partial charge in [0, 0.05) is 31.6 Å². The Bertz CT molecular complexity index is 836. The Balaban J connectivity index is 1.97. The van der Waals surface area contributed by atoms with Crippen LogP contribution in [0.25, 0.3) is 0 Å². The highest BCUT2D eigenvalue weighted by Crippen LogP contribution is 2.29. The van der Waals surface area contributed by atoms with Gasteiger partial charge in [-0.25, -0.2) is 9.97 Å². The van der Waals surface area contributed by atoms with Crippen LogP contribution in [0.4, 0.5) is 5.82 Å². The summed E-state index contributed by atoms with van der Waals surface area (Å²) in [5.41, 5.74) is 2.26. The monoisotopic (exact) mass is 356 g/mol. The number of rotatable bonds is 5. The van der Waals surface area contributed by atoms with Crippen LogP contribution in [0, 0.1) is 0 Å². The molecule has 3 rings (SSSR count). The molecule has 0 saturated heterocycles. The number of carbonyl (C=O) groups is 1. The number of nitrogens with one attached hydrogen (secondary N) is 1. The third kappa shape index (κ3) is 3.42. The van der Waals surface area contributed by atoms with Crippen molar-refractivity contribution >= 4 is 11.7 Å². The van der Waals surface area contributed by atoms with Crippen molar-refractivity contribution in [3.8, 4) is 11.5 Å². The van der Waals surface area contributed by atoms with Crippen molar-refractivity contribution in [2.24, 2.45) is 0 Å². The van der Waals surface area contributed by atoms with Crippen molar-refractivity contribution in [3.63, 3.8) is 0 Å². The first-order chi connectivity index (χ1) is 12.4. The molecule has 1 aromatic carbocycles. The maximum atomic E-state index is 12.2. The van der Waals surface area contributed by atoms with E-state index < -0.39 is 0 Å². The average Bonchev–Trinajstić information content (AvgIpc) is 2.61. The number of carbonyl (C=O) groups excluding carboxylic acids is 1. The maximum absolute atomic E-state index is 12.2. The first-order valence-electron chi connectivity index (χ1n) is 8.66. The Hall–Kier alpha value is -2.83. The average molecular weight is 356 g/mol. The lowest BCUT2D eigenvalue weighted by Crippen LogP contribution is -2.35. The number of aromatic nitrogens is 2. The summed E-state index contributed by atoms with van der Waals surface area (Å²) in [6.07, 6.45) is 0.701. The summed E-state index contributed by atoms with van der Waals surface area (Å²) in [5, 5.41) is 12.8. The molecule has 2 aromatic rings. The number of phenolic OH excluding ortho intramolecular Hbond substituents is 1. The quantitative estimate of drug-likeness (QED) is 0.854. The molecule has 0 bridgehead atoms. The second-order valence-corrected chi connectivity index (χ2v) is 6.76. The highest BCUT2D eigenvalue weighted by atomic mass is 16.5. The largest absolute Gasteiger partial charge is 0.504 e. The maximum Gasteiger partial charge on any atom is 0.270 e. The summed E-state index contributed by atoms with van der Waals surface area (Å²) < 4.78 is 5.09. The standard InChI is InChI=1S/C19H24N4O3/c1-11(2)17-21-16-13(7-8-20-19(16)25)18(22-17)23(3)10-12-5-6-15(26-4)14(24)9-12/h5-6,9,11,24H,7-8,10H2,1-4H3,(H,20,25). The molecule has 1 aliphatic heterocycles. The van der Waals surface area contributed by atoms with Crippen LogP contribution >= 0.6 is 0 Å². The zero-order chi connectivity index (χ0) is 18.8. The summed E-state index contributed by atoms with van der Waals surface area (Å²) >= 11 is 0. The van der Waals surface area contributed by atoms with Crippen LogP contribution in [-0.4, -0.2) is 41.7 Å². The van der Waals surface area contributed by atoms with Crippen molar-refractivity contribution in [1.29, 1.82) is 0 Å². The van der Waals surface area contributed by atoms with Crippen molar-refractivity contribution in [3.05, 3.63) is 40.8 Å². The van der Waals surface area contributed by atoms with E-state index in [1.165, 1.54) is 7.11 Å². The molecule has 0 fully saturated rings. The molecule has 1 aliphatic rings. The van der Waals surface area contributed by atoms with Gasteiger partial charge < -0.3 is 20.1 Å². The summed E-state index contributed by atoms with van der Waals surface area (Å²) in [5.74, 6) is 1.93. The zero-order valence-electron chi connectivity index (χ0n) is 15.5. The summed E-state index contributed by atoms with van der Waals surface area (Å²) in [6, 6.07) is 5.32. The van der Waals surface area contributed by atoms with E-state index in [1.807, 2.05) is 31.9 Å². The Kier molecular flexibility index (Phi) is 4.97. The molecular weight excluding hydrogens is 332 g/mol. The molecule has 0 saturated carbocycles. The third-order valence-corrected chi connectivity index (χ3v) is 4.42. The topological polar surface area (TPSA) is 87.6 Å². The smallest absolute Gasteiger partial charge is 0.270 e.